The number of nitrogens with zero attached hydrogens (tertiary/aromatic N) is 4. The largest absolute Gasteiger partial charge is 0.493 e. The molecular weight excluding hydrogens is 368 g/mol. The van der Waals surface area contributed by atoms with E-state index >= 15 is 0 Å². The van der Waals surface area contributed by atoms with E-state index in [2.05, 4.69) is 50.9 Å². The SMILES string of the molecule is Cc1ccc(-n2c(SCCOc3ccccc3)nnc2-c2ccncc2)cc1. The predicted molar refractivity (Wildman–Crippen MR) is 112 cm³/mol. The average Bonchev–Trinajstić information content (AvgIpc) is 3.17. The van der Waals surface area contributed by atoms with Crippen molar-refractivity contribution in [2.75, 3.05) is 12.4 Å². The van der Waals surface area contributed by atoms with Gasteiger partial charge in [-0.2, -0.15) is 0 Å². The van der Waals surface area contributed by atoms with Gasteiger partial charge in [0.1, 0.15) is 5.75 Å². The molecule has 0 saturated carbocycles. The van der Waals surface area contributed by atoms with Crippen LogP contribution in [0.1, 0.15) is 5.56 Å². The second-order valence-electron chi connectivity index (χ2n) is 6.22. The number of hydrogen-bond acceptors (Lipinski definition) is 5. The molecule has 0 aliphatic rings. The Morgan fingerprint density at radius 3 is 2.39 bits per heavy atom. The van der Waals surface area contributed by atoms with Gasteiger partial charge in [-0.1, -0.05) is 47.7 Å². The Morgan fingerprint density at radius 1 is 0.893 bits per heavy atom. The van der Waals surface area contributed by atoms with E-state index in [9.17, 15) is 0 Å². The lowest BCUT2D eigenvalue weighted by atomic mass is 10.2. The molecule has 2 heterocycles. The molecule has 0 aliphatic heterocycles. The fourth-order valence-electron chi connectivity index (χ4n) is 2.79. The van der Waals surface area contributed by atoms with Gasteiger partial charge < -0.3 is 4.74 Å². The molecule has 4 rings (SSSR count). The number of ether oxygens (including phenoxy) is 1. The van der Waals surface area contributed by atoms with E-state index in [1.54, 1.807) is 24.2 Å². The molecule has 2 aromatic heterocycles. The Morgan fingerprint density at radius 2 is 1.64 bits per heavy atom. The number of thioether (sulfide) groups is 1. The number of benzene rings is 2. The zero-order valence-corrected chi connectivity index (χ0v) is 16.3. The standard InChI is InChI=1S/C22H20N4OS/c1-17-7-9-19(10-8-17)26-21(18-11-13-23-14-12-18)24-25-22(26)28-16-15-27-20-5-3-2-4-6-20/h2-14H,15-16H2,1H3. The van der Waals surface area contributed by atoms with Crippen LogP contribution in [0, 0.1) is 6.92 Å². The van der Waals surface area contributed by atoms with Crippen LogP contribution in [-0.4, -0.2) is 32.1 Å². The highest BCUT2D eigenvalue weighted by Gasteiger charge is 2.16. The van der Waals surface area contributed by atoms with Gasteiger partial charge in [-0.05, 0) is 43.3 Å². The molecule has 2 aromatic carbocycles. The molecule has 0 amide bonds. The van der Waals surface area contributed by atoms with Gasteiger partial charge in [0.25, 0.3) is 0 Å². The van der Waals surface area contributed by atoms with Crippen LogP contribution in [0.25, 0.3) is 17.1 Å². The summed E-state index contributed by atoms with van der Waals surface area (Å²) in [5, 5.41) is 9.72. The third kappa shape index (κ3) is 4.23. The van der Waals surface area contributed by atoms with E-state index in [0.29, 0.717) is 6.61 Å². The molecule has 0 spiro atoms. The first-order valence-electron chi connectivity index (χ1n) is 9.05. The molecule has 0 unspecified atom stereocenters. The van der Waals surface area contributed by atoms with E-state index in [0.717, 1.165) is 33.7 Å². The minimum Gasteiger partial charge on any atom is -0.493 e. The summed E-state index contributed by atoms with van der Waals surface area (Å²) in [6.45, 7) is 2.68. The molecule has 28 heavy (non-hydrogen) atoms. The summed E-state index contributed by atoms with van der Waals surface area (Å²) in [6, 6.07) is 22.1. The van der Waals surface area contributed by atoms with E-state index in [-0.39, 0.29) is 0 Å². The molecule has 4 aromatic rings. The fraction of sp³-hybridized carbons (Fsp3) is 0.136. The van der Waals surface area contributed by atoms with Crippen LogP contribution in [0.5, 0.6) is 5.75 Å². The highest BCUT2D eigenvalue weighted by atomic mass is 32.2. The van der Waals surface area contributed by atoms with Crippen molar-refractivity contribution >= 4 is 11.8 Å². The molecule has 0 bridgehead atoms. The first kappa shape index (κ1) is 18.3. The molecule has 0 N–H and O–H groups in total. The Hall–Kier alpha value is -3.12. The van der Waals surface area contributed by atoms with Gasteiger partial charge in [-0.25, -0.2) is 0 Å². The predicted octanol–water partition coefficient (Wildman–Crippen LogP) is 4.81. The van der Waals surface area contributed by atoms with Crippen LogP contribution in [0.2, 0.25) is 0 Å². The van der Waals surface area contributed by atoms with Crippen LogP contribution >= 0.6 is 11.8 Å². The van der Waals surface area contributed by atoms with E-state index in [1.807, 2.05) is 42.5 Å². The van der Waals surface area contributed by atoms with Gasteiger partial charge in [0.2, 0.25) is 0 Å². The maximum Gasteiger partial charge on any atom is 0.196 e. The van der Waals surface area contributed by atoms with Crippen LogP contribution in [0.15, 0.2) is 84.3 Å². The van der Waals surface area contributed by atoms with Crippen LogP contribution in [-0.2, 0) is 0 Å². The highest BCUT2D eigenvalue weighted by Crippen LogP contribution is 2.28. The zero-order chi connectivity index (χ0) is 19.2. The van der Waals surface area contributed by atoms with Crippen LogP contribution in [0.4, 0.5) is 0 Å². The van der Waals surface area contributed by atoms with Gasteiger partial charge in [0, 0.05) is 29.4 Å². The number of hydrogen-bond donors (Lipinski definition) is 0. The first-order chi connectivity index (χ1) is 13.8. The summed E-state index contributed by atoms with van der Waals surface area (Å²) in [7, 11) is 0. The maximum absolute atomic E-state index is 5.79. The monoisotopic (exact) mass is 388 g/mol. The third-order valence-corrected chi connectivity index (χ3v) is 5.08. The quantitative estimate of drug-likeness (QED) is 0.336. The van der Waals surface area contributed by atoms with E-state index in [1.165, 1.54) is 5.56 Å². The van der Waals surface area contributed by atoms with Crippen molar-refractivity contribution in [1.82, 2.24) is 19.7 Å². The number of pyridine rings is 1. The number of aromatic nitrogens is 4. The first-order valence-corrected chi connectivity index (χ1v) is 10.0. The van der Waals surface area contributed by atoms with Gasteiger partial charge in [0.05, 0.1) is 6.61 Å². The molecule has 0 fully saturated rings. The molecular formula is C22H20N4OS. The van der Waals surface area contributed by atoms with Crippen molar-refractivity contribution in [3.05, 3.63) is 84.7 Å². The maximum atomic E-state index is 5.79. The summed E-state index contributed by atoms with van der Waals surface area (Å²) in [4.78, 5) is 4.10. The summed E-state index contributed by atoms with van der Waals surface area (Å²) in [6.07, 6.45) is 3.54. The number of rotatable bonds is 7. The van der Waals surface area contributed by atoms with Gasteiger partial charge in [0.15, 0.2) is 11.0 Å². The summed E-state index contributed by atoms with van der Waals surface area (Å²) >= 11 is 1.63. The molecule has 0 aliphatic carbocycles. The molecule has 0 radical (unpaired) electrons. The van der Waals surface area contributed by atoms with Crippen molar-refractivity contribution < 1.29 is 4.74 Å². The summed E-state index contributed by atoms with van der Waals surface area (Å²) in [5.74, 6) is 2.45. The van der Waals surface area contributed by atoms with Crippen molar-refractivity contribution in [2.45, 2.75) is 12.1 Å². The Labute approximate surface area is 168 Å². The molecule has 6 heteroatoms. The average molecular weight is 388 g/mol. The molecule has 140 valence electrons. The molecule has 0 saturated heterocycles. The van der Waals surface area contributed by atoms with Gasteiger partial charge >= 0.3 is 0 Å². The van der Waals surface area contributed by atoms with Gasteiger partial charge in [-0.3, -0.25) is 9.55 Å². The number of aryl methyl sites for hydroxylation is 1. The normalized spacial score (nSPS) is 10.8. The van der Waals surface area contributed by atoms with E-state index < -0.39 is 0 Å². The van der Waals surface area contributed by atoms with Crippen LogP contribution < -0.4 is 4.74 Å². The lowest BCUT2D eigenvalue weighted by Crippen LogP contribution is -2.03. The second kappa shape index (κ2) is 8.71. The minimum absolute atomic E-state index is 0.597. The summed E-state index contributed by atoms with van der Waals surface area (Å²) < 4.78 is 7.88. The lowest BCUT2D eigenvalue weighted by molar-refractivity contribution is 0.344. The minimum atomic E-state index is 0.597. The second-order valence-corrected chi connectivity index (χ2v) is 7.29. The smallest absolute Gasteiger partial charge is 0.196 e. The number of para-hydroxylation sites is 1. The lowest BCUT2D eigenvalue weighted by Gasteiger charge is -2.11. The van der Waals surface area contributed by atoms with Crippen LogP contribution in [0.3, 0.4) is 0 Å². The van der Waals surface area contributed by atoms with Crippen molar-refractivity contribution in [2.24, 2.45) is 0 Å². The van der Waals surface area contributed by atoms with E-state index in [4.69, 9.17) is 4.74 Å². The summed E-state index contributed by atoms with van der Waals surface area (Å²) in [5.41, 5.74) is 3.23. The molecule has 0 atom stereocenters. The van der Waals surface area contributed by atoms with Crippen molar-refractivity contribution in [3.63, 3.8) is 0 Å². The van der Waals surface area contributed by atoms with Crippen molar-refractivity contribution in [1.29, 1.82) is 0 Å². The Balaban J connectivity index is 1.56. The Bertz CT molecular complexity index is 1020. The highest BCUT2D eigenvalue weighted by molar-refractivity contribution is 7.99. The fourth-order valence-corrected chi connectivity index (χ4v) is 3.56. The third-order valence-electron chi connectivity index (χ3n) is 4.19. The zero-order valence-electron chi connectivity index (χ0n) is 15.5. The van der Waals surface area contributed by atoms with Gasteiger partial charge in [-0.15, -0.1) is 10.2 Å². The Kier molecular flexibility index (Phi) is 5.68. The van der Waals surface area contributed by atoms with Crippen molar-refractivity contribution in [3.8, 4) is 22.8 Å². The topological polar surface area (TPSA) is 52.8 Å². The molecule has 5 nitrogen and oxygen atoms in total.